The Kier molecular flexibility index (Phi) is 6.20. The van der Waals surface area contributed by atoms with E-state index in [1.165, 1.54) is 7.11 Å². The number of nitrogen functional groups attached to an aromatic ring is 1. The van der Waals surface area contributed by atoms with Gasteiger partial charge in [0.25, 0.3) is 0 Å². The molecule has 3 N–H and O–H groups in total. The van der Waals surface area contributed by atoms with Gasteiger partial charge in [-0.2, -0.15) is 0 Å². The Labute approximate surface area is 128 Å². The average Bonchev–Trinajstić information content (AvgIpc) is 2.37. The summed E-state index contributed by atoms with van der Waals surface area (Å²) in [5, 5.41) is 2.77. The number of rotatable bonds is 6. The van der Waals surface area contributed by atoms with E-state index in [9.17, 15) is 9.00 Å². The van der Waals surface area contributed by atoms with Gasteiger partial charge in [0.2, 0.25) is 5.91 Å². The molecule has 0 spiro atoms. The molecule has 0 heterocycles. The Morgan fingerprint density at radius 3 is 2.62 bits per heavy atom. The summed E-state index contributed by atoms with van der Waals surface area (Å²) in [6.07, 6.45) is 0.903. The van der Waals surface area contributed by atoms with E-state index in [1.54, 1.807) is 18.2 Å². The number of hydrogen-bond donors (Lipinski definition) is 2. The van der Waals surface area contributed by atoms with E-state index in [1.807, 2.05) is 20.8 Å². The molecule has 118 valence electrons. The van der Waals surface area contributed by atoms with Crippen molar-refractivity contribution in [3.8, 4) is 5.75 Å². The zero-order chi connectivity index (χ0) is 16.0. The molecule has 0 saturated carbocycles. The van der Waals surface area contributed by atoms with E-state index < -0.39 is 10.8 Å². The normalized spacial score (nSPS) is 12.8. The van der Waals surface area contributed by atoms with Crippen molar-refractivity contribution in [3.05, 3.63) is 18.2 Å². The van der Waals surface area contributed by atoms with Crippen molar-refractivity contribution in [2.45, 2.75) is 38.4 Å². The highest BCUT2D eigenvalue weighted by Crippen LogP contribution is 2.26. The third kappa shape index (κ3) is 5.75. The second-order valence-corrected chi connectivity index (χ2v) is 8.10. The van der Waals surface area contributed by atoms with Gasteiger partial charge in [0, 0.05) is 33.4 Å². The predicted octanol–water partition coefficient (Wildman–Crippen LogP) is 2.54. The molecule has 0 bridgehead atoms. The highest BCUT2D eigenvalue weighted by molar-refractivity contribution is 7.86. The standard InChI is InChI=1S/C15H24N2O3S/c1-15(2,3)21(19)9-5-6-14(18)17-12-10-11(16)7-8-13(12)20-4/h7-8,10H,5-6,9,16H2,1-4H3,(H,17,18). The van der Waals surface area contributed by atoms with Gasteiger partial charge in [-0.05, 0) is 45.4 Å². The minimum Gasteiger partial charge on any atom is -0.495 e. The maximum absolute atomic E-state index is 11.9. The van der Waals surface area contributed by atoms with E-state index in [0.29, 0.717) is 35.7 Å². The maximum atomic E-state index is 11.9. The SMILES string of the molecule is COc1ccc(N)cc1NC(=O)CCCS(=O)C(C)(C)C. The van der Waals surface area contributed by atoms with Crippen LogP contribution < -0.4 is 15.8 Å². The first kappa shape index (κ1) is 17.5. The molecule has 1 rings (SSSR count). The first-order valence-corrected chi connectivity index (χ1v) is 8.18. The molecule has 0 aromatic heterocycles. The molecule has 0 aliphatic heterocycles. The van der Waals surface area contributed by atoms with E-state index in [4.69, 9.17) is 10.5 Å². The zero-order valence-corrected chi connectivity index (χ0v) is 13.9. The number of anilines is 2. The first-order chi connectivity index (χ1) is 9.74. The van der Waals surface area contributed by atoms with Gasteiger partial charge < -0.3 is 15.8 Å². The fourth-order valence-corrected chi connectivity index (χ4v) is 2.72. The lowest BCUT2D eigenvalue weighted by Crippen LogP contribution is -2.24. The molecule has 1 aromatic carbocycles. The molecule has 0 fully saturated rings. The van der Waals surface area contributed by atoms with Crippen LogP contribution in [0, 0.1) is 0 Å². The predicted molar refractivity (Wildman–Crippen MR) is 88.0 cm³/mol. The molecule has 5 nitrogen and oxygen atoms in total. The number of nitrogens with one attached hydrogen (secondary N) is 1. The Hall–Kier alpha value is -1.56. The second kappa shape index (κ2) is 7.45. The van der Waals surface area contributed by atoms with Gasteiger partial charge in [0.05, 0.1) is 12.8 Å². The summed E-state index contributed by atoms with van der Waals surface area (Å²) in [7, 11) is 0.601. The molecule has 0 radical (unpaired) electrons. The number of hydrogen-bond acceptors (Lipinski definition) is 4. The van der Waals surface area contributed by atoms with Crippen molar-refractivity contribution in [1.82, 2.24) is 0 Å². The van der Waals surface area contributed by atoms with Crippen LogP contribution in [0.4, 0.5) is 11.4 Å². The smallest absolute Gasteiger partial charge is 0.224 e. The summed E-state index contributed by atoms with van der Waals surface area (Å²) >= 11 is 0. The number of methoxy groups -OCH3 is 1. The molecule has 21 heavy (non-hydrogen) atoms. The minimum absolute atomic E-state index is 0.134. The van der Waals surface area contributed by atoms with E-state index in [0.717, 1.165) is 0 Å². The minimum atomic E-state index is -0.935. The lowest BCUT2D eigenvalue weighted by Gasteiger charge is -2.17. The van der Waals surface area contributed by atoms with Crippen LogP contribution in [-0.2, 0) is 15.6 Å². The highest BCUT2D eigenvalue weighted by Gasteiger charge is 2.19. The molecular formula is C15H24N2O3S. The molecule has 0 aliphatic carbocycles. The van der Waals surface area contributed by atoms with Crippen LogP contribution in [0.3, 0.4) is 0 Å². The summed E-state index contributed by atoms with van der Waals surface area (Å²) in [4.78, 5) is 11.9. The number of carbonyl (C=O) groups is 1. The number of ether oxygens (including phenoxy) is 1. The molecule has 6 heteroatoms. The van der Waals surface area contributed by atoms with Crippen molar-refractivity contribution >= 4 is 28.1 Å². The molecule has 1 atom stereocenters. The summed E-state index contributed by atoms with van der Waals surface area (Å²) in [5.74, 6) is 0.950. The van der Waals surface area contributed by atoms with Crippen molar-refractivity contribution in [1.29, 1.82) is 0 Å². The van der Waals surface area contributed by atoms with Crippen molar-refractivity contribution in [2.24, 2.45) is 0 Å². The van der Waals surface area contributed by atoms with Crippen LogP contribution in [0.15, 0.2) is 18.2 Å². The number of benzene rings is 1. The van der Waals surface area contributed by atoms with Crippen LogP contribution in [0.2, 0.25) is 0 Å². The molecular weight excluding hydrogens is 288 g/mol. The zero-order valence-electron chi connectivity index (χ0n) is 13.1. The highest BCUT2D eigenvalue weighted by atomic mass is 32.2. The van der Waals surface area contributed by atoms with Gasteiger partial charge in [-0.3, -0.25) is 9.00 Å². The number of amides is 1. The average molecular weight is 312 g/mol. The monoisotopic (exact) mass is 312 g/mol. The summed E-state index contributed by atoms with van der Waals surface area (Å²) in [6, 6.07) is 5.07. The van der Waals surface area contributed by atoms with Gasteiger partial charge >= 0.3 is 0 Å². The Morgan fingerprint density at radius 1 is 1.38 bits per heavy atom. The summed E-state index contributed by atoms with van der Waals surface area (Å²) < 4.78 is 16.8. The summed E-state index contributed by atoms with van der Waals surface area (Å²) in [5.41, 5.74) is 6.81. The second-order valence-electron chi connectivity index (χ2n) is 5.77. The molecule has 1 amide bonds. The van der Waals surface area contributed by atoms with E-state index in [2.05, 4.69) is 5.32 Å². The Morgan fingerprint density at radius 2 is 2.05 bits per heavy atom. The third-order valence-electron chi connectivity index (χ3n) is 2.91. The van der Waals surface area contributed by atoms with Crippen molar-refractivity contribution in [2.75, 3.05) is 23.9 Å². The van der Waals surface area contributed by atoms with Crippen LogP contribution in [-0.4, -0.2) is 27.7 Å². The lowest BCUT2D eigenvalue weighted by molar-refractivity contribution is -0.116. The fourth-order valence-electron chi connectivity index (χ4n) is 1.71. The van der Waals surface area contributed by atoms with Crippen molar-refractivity contribution < 1.29 is 13.7 Å². The van der Waals surface area contributed by atoms with Crippen molar-refractivity contribution in [3.63, 3.8) is 0 Å². The first-order valence-electron chi connectivity index (χ1n) is 6.86. The number of nitrogens with two attached hydrogens (primary N) is 1. The lowest BCUT2D eigenvalue weighted by atomic mass is 10.2. The third-order valence-corrected chi connectivity index (χ3v) is 4.94. The molecule has 1 unspecified atom stereocenters. The van der Waals surface area contributed by atoms with Gasteiger partial charge in [-0.25, -0.2) is 0 Å². The largest absolute Gasteiger partial charge is 0.495 e. The van der Waals surface area contributed by atoms with E-state index >= 15 is 0 Å². The Balaban J connectivity index is 2.51. The van der Waals surface area contributed by atoms with Gasteiger partial charge in [-0.1, -0.05) is 0 Å². The Bertz CT molecular complexity index is 524. The summed E-state index contributed by atoms with van der Waals surface area (Å²) in [6.45, 7) is 5.79. The van der Waals surface area contributed by atoms with E-state index in [-0.39, 0.29) is 10.7 Å². The fraction of sp³-hybridized carbons (Fsp3) is 0.533. The quantitative estimate of drug-likeness (QED) is 0.791. The molecule has 0 saturated heterocycles. The van der Waals surface area contributed by atoms with Crippen LogP contribution in [0.5, 0.6) is 5.75 Å². The van der Waals surface area contributed by atoms with Crippen LogP contribution in [0.25, 0.3) is 0 Å². The maximum Gasteiger partial charge on any atom is 0.224 e. The topological polar surface area (TPSA) is 81.4 Å². The number of carbonyl (C=O) groups excluding carboxylic acids is 1. The van der Waals surface area contributed by atoms with Gasteiger partial charge in [-0.15, -0.1) is 0 Å². The van der Waals surface area contributed by atoms with Gasteiger partial charge in [0.1, 0.15) is 5.75 Å². The molecule has 0 aliphatic rings. The van der Waals surface area contributed by atoms with Crippen LogP contribution in [0.1, 0.15) is 33.6 Å². The van der Waals surface area contributed by atoms with Gasteiger partial charge in [0.15, 0.2) is 0 Å². The molecule has 1 aromatic rings. The van der Waals surface area contributed by atoms with Crippen LogP contribution >= 0.6 is 0 Å².